The summed E-state index contributed by atoms with van der Waals surface area (Å²) in [5.41, 5.74) is 3.76. The molecule has 22 heavy (non-hydrogen) atoms. The smallest absolute Gasteiger partial charge is 0.0921 e. The Bertz CT molecular complexity index is 746. The molecule has 0 aliphatic heterocycles. The average Bonchev–Trinajstić information content (AvgIpc) is 2.55. The number of likely N-dealkylation sites (N-methyl/N-ethyl adjacent to an activating group) is 1. The molecule has 0 fully saturated rings. The summed E-state index contributed by atoms with van der Waals surface area (Å²) < 4.78 is 0. The zero-order chi connectivity index (χ0) is 14.7. The molecule has 0 saturated heterocycles. The van der Waals surface area contributed by atoms with Gasteiger partial charge in [0, 0.05) is 17.5 Å². The van der Waals surface area contributed by atoms with E-state index < -0.39 is 6.10 Å². The van der Waals surface area contributed by atoms with Crippen LogP contribution in [0.1, 0.15) is 11.7 Å². The van der Waals surface area contributed by atoms with E-state index in [2.05, 4.69) is 5.32 Å². The molecular formula is C18H19ClN2O. The van der Waals surface area contributed by atoms with Crippen molar-refractivity contribution in [3.05, 3.63) is 66.2 Å². The monoisotopic (exact) mass is 314 g/mol. The standard InChI is InChI=1S/C18H18N2O.ClH/c1-19-12-18(21)15-11-17(13-7-3-2-4-8-13)20-16-10-6-5-9-14(15)16;/h2-11,18-19,21H,12H2,1H3;1H. The van der Waals surface area contributed by atoms with Gasteiger partial charge in [0.25, 0.3) is 0 Å². The summed E-state index contributed by atoms with van der Waals surface area (Å²) in [7, 11) is 1.84. The van der Waals surface area contributed by atoms with Gasteiger partial charge in [-0.3, -0.25) is 0 Å². The van der Waals surface area contributed by atoms with Crippen LogP contribution in [0.25, 0.3) is 22.2 Å². The number of aliphatic hydroxyl groups is 1. The minimum Gasteiger partial charge on any atom is -0.387 e. The van der Waals surface area contributed by atoms with Crippen LogP contribution < -0.4 is 5.32 Å². The van der Waals surface area contributed by atoms with Crippen LogP contribution in [0.4, 0.5) is 0 Å². The molecule has 2 N–H and O–H groups in total. The third-order valence-electron chi connectivity index (χ3n) is 3.57. The predicted molar refractivity (Wildman–Crippen MR) is 93.3 cm³/mol. The van der Waals surface area contributed by atoms with Crippen LogP contribution >= 0.6 is 12.4 Å². The van der Waals surface area contributed by atoms with E-state index in [4.69, 9.17) is 4.98 Å². The first-order chi connectivity index (χ1) is 10.3. The number of para-hydroxylation sites is 1. The molecule has 1 heterocycles. The molecule has 1 atom stereocenters. The summed E-state index contributed by atoms with van der Waals surface area (Å²) in [5, 5.41) is 14.4. The van der Waals surface area contributed by atoms with Gasteiger partial charge in [-0.25, -0.2) is 4.98 Å². The number of benzene rings is 2. The van der Waals surface area contributed by atoms with Crippen LogP contribution in [-0.4, -0.2) is 23.7 Å². The van der Waals surface area contributed by atoms with E-state index in [0.717, 1.165) is 27.7 Å². The Hall–Kier alpha value is -1.94. The summed E-state index contributed by atoms with van der Waals surface area (Å²) >= 11 is 0. The molecule has 0 saturated carbocycles. The molecule has 1 unspecified atom stereocenters. The van der Waals surface area contributed by atoms with E-state index in [0.29, 0.717) is 6.54 Å². The van der Waals surface area contributed by atoms with Crippen molar-refractivity contribution >= 4 is 23.3 Å². The molecule has 114 valence electrons. The highest BCUT2D eigenvalue weighted by Crippen LogP contribution is 2.28. The normalized spacial score (nSPS) is 11.9. The van der Waals surface area contributed by atoms with Gasteiger partial charge in [-0.15, -0.1) is 12.4 Å². The number of hydrogen-bond donors (Lipinski definition) is 2. The zero-order valence-electron chi connectivity index (χ0n) is 12.4. The number of halogens is 1. The Kier molecular flexibility index (Phi) is 5.50. The van der Waals surface area contributed by atoms with Gasteiger partial charge in [-0.1, -0.05) is 48.5 Å². The lowest BCUT2D eigenvalue weighted by Gasteiger charge is -2.15. The van der Waals surface area contributed by atoms with Crippen molar-refractivity contribution in [1.29, 1.82) is 0 Å². The Morgan fingerprint density at radius 1 is 1.05 bits per heavy atom. The highest BCUT2D eigenvalue weighted by Gasteiger charge is 2.13. The van der Waals surface area contributed by atoms with E-state index >= 15 is 0 Å². The number of rotatable bonds is 4. The second kappa shape index (κ2) is 7.36. The molecule has 0 aliphatic carbocycles. The Morgan fingerprint density at radius 2 is 1.73 bits per heavy atom. The molecule has 0 amide bonds. The van der Waals surface area contributed by atoms with Crippen molar-refractivity contribution in [2.75, 3.05) is 13.6 Å². The Balaban J connectivity index is 0.00000176. The summed E-state index contributed by atoms with van der Waals surface area (Å²) in [4.78, 5) is 4.72. The highest BCUT2D eigenvalue weighted by molar-refractivity contribution is 5.86. The van der Waals surface area contributed by atoms with Crippen molar-refractivity contribution in [1.82, 2.24) is 10.3 Å². The van der Waals surface area contributed by atoms with Crippen molar-refractivity contribution in [3.8, 4) is 11.3 Å². The number of nitrogens with zero attached hydrogens (tertiary/aromatic N) is 1. The largest absolute Gasteiger partial charge is 0.387 e. The van der Waals surface area contributed by atoms with Gasteiger partial charge >= 0.3 is 0 Å². The third kappa shape index (κ3) is 3.28. The fourth-order valence-electron chi connectivity index (χ4n) is 2.54. The van der Waals surface area contributed by atoms with Crippen LogP contribution in [0, 0.1) is 0 Å². The van der Waals surface area contributed by atoms with E-state index in [1.54, 1.807) is 0 Å². The number of pyridine rings is 1. The van der Waals surface area contributed by atoms with Gasteiger partial charge in [-0.05, 0) is 24.7 Å². The number of nitrogens with one attached hydrogen (secondary N) is 1. The van der Waals surface area contributed by atoms with Gasteiger partial charge in [0.2, 0.25) is 0 Å². The number of hydrogen-bond acceptors (Lipinski definition) is 3. The Morgan fingerprint density at radius 3 is 2.45 bits per heavy atom. The maximum atomic E-state index is 10.4. The fraction of sp³-hybridized carbons (Fsp3) is 0.167. The second-order valence-electron chi connectivity index (χ2n) is 5.05. The summed E-state index contributed by atoms with van der Waals surface area (Å²) in [6.45, 7) is 0.516. The van der Waals surface area contributed by atoms with E-state index in [-0.39, 0.29) is 12.4 Å². The maximum Gasteiger partial charge on any atom is 0.0921 e. The van der Waals surface area contributed by atoms with Crippen LogP contribution in [-0.2, 0) is 0 Å². The lowest BCUT2D eigenvalue weighted by molar-refractivity contribution is 0.179. The molecule has 3 rings (SSSR count). The fourth-order valence-corrected chi connectivity index (χ4v) is 2.54. The van der Waals surface area contributed by atoms with Gasteiger partial charge in [0.15, 0.2) is 0 Å². The number of aromatic nitrogens is 1. The van der Waals surface area contributed by atoms with Gasteiger partial charge in [-0.2, -0.15) is 0 Å². The molecule has 0 spiro atoms. The molecule has 3 nitrogen and oxygen atoms in total. The Labute approximate surface area is 136 Å². The van der Waals surface area contributed by atoms with E-state index in [1.807, 2.05) is 67.7 Å². The second-order valence-corrected chi connectivity index (χ2v) is 5.05. The summed E-state index contributed by atoms with van der Waals surface area (Å²) in [5.74, 6) is 0. The van der Waals surface area contributed by atoms with E-state index in [9.17, 15) is 5.11 Å². The van der Waals surface area contributed by atoms with Gasteiger partial charge in [0.1, 0.15) is 0 Å². The molecule has 0 aliphatic rings. The minimum absolute atomic E-state index is 0. The lowest BCUT2D eigenvalue weighted by Crippen LogP contribution is -2.17. The molecule has 4 heteroatoms. The molecule has 3 aromatic rings. The lowest BCUT2D eigenvalue weighted by atomic mass is 10.0. The zero-order valence-corrected chi connectivity index (χ0v) is 13.2. The van der Waals surface area contributed by atoms with Crippen molar-refractivity contribution in [2.45, 2.75) is 6.10 Å². The molecule has 0 radical (unpaired) electrons. The number of aliphatic hydroxyl groups excluding tert-OH is 1. The molecule has 0 bridgehead atoms. The third-order valence-corrected chi connectivity index (χ3v) is 3.57. The van der Waals surface area contributed by atoms with Crippen LogP contribution in [0.3, 0.4) is 0 Å². The first-order valence-electron chi connectivity index (χ1n) is 7.07. The first kappa shape index (κ1) is 16.4. The number of fused-ring (bicyclic) bond motifs is 1. The molecular weight excluding hydrogens is 296 g/mol. The van der Waals surface area contributed by atoms with Gasteiger partial charge in [0.05, 0.1) is 17.3 Å². The first-order valence-corrected chi connectivity index (χ1v) is 7.07. The van der Waals surface area contributed by atoms with Crippen molar-refractivity contribution in [3.63, 3.8) is 0 Å². The molecule has 2 aromatic carbocycles. The van der Waals surface area contributed by atoms with Crippen molar-refractivity contribution in [2.24, 2.45) is 0 Å². The van der Waals surface area contributed by atoms with Crippen LogP contribution in [0.2, 0.25) is 0 Å². The van der Waals surface area contributed by atoms with Crippen LogP contribution in [0.5, 0.6) is 0 Å². The topological polar surface area (TPSA) is 45.1 Å². The highest BCUT2D eigenvalue weighted by atomic mass is 35.5. The average molecular weight is 315 g/mol. The minimum atomic E-state index is -0.551. The quantitative estimate of drug-likeness (QED) is 0.773. The molecule has 1 aromatic heterocycles. The maximum absolute atomic E-state index is 10.4. The van der Waals surface area contributed by atoms with Crippen molar-refractivity contribution < 1.29 is 5.11 Å². The summed E-state index contributed by atoms with van der Waals surface area (Å²) in [6, 6.07) is 20.0. The summed E-state index contributed by atoms with van der Waals surface area (Å²) in [6.07, 6.45) is -0.551. The van der Waals surface area contributed by atoms with Crippen LogP contribution in [0.15, 0.2) is 60.7 Å². The predicted octanol–water partition coefficient (Wildman–Crippen LogP) is 3.58. The van der Waals surface area contributed by atoms with Gasteiger partial charge < -0.3 is 10.4 Å². The SMILES string of the molecule is CNCC(O)c1cc(-c2ccccc2)nc2ccccc12.Cl. The van der Waals surface area contributed by atoms with E-state index in [1.165, 1.54) is 0 Å².